The van der Waals surface area contributed by atoms with Gasteiger partial charge in [-0.05, 0) is 74.4 Å². The quantitative estimate of drug-likeness (QED) is 0.326. The first-order chi connectivity index (χ1) is 14.5. The summed E-state index contributed by atoms with van der Waals surface area (Å²) >= 11 is 6.85. The molecule has 3 nitrogen and oxygen atoms in total. The highest BCUT2D eigenvalue weighted by atomic mass is 35.5. The molecule has 0 radical (unpaired) electrons. The van der Waals surface area contributed by atoms with Gasteiger partial charge in [0.25, 0.3) is 0 Å². The molecule has 0 amide bonds. The number of hydrogen-bond acceptors (Lipinski definition) is 3. The number of unbranched alkanes of at least 4 members (excludes halogenated alkanes) is 1. The van der Waals surface area contributed by atoms with Crippen LogP contribution in [0, 0.1) is 0 Å². The predicted molar refractivity (Wildman–Crippen MR) is 126 cm³/mol. The SMILES string of the molecule is CN(C)CCCCOc1ccc(/C(=C(/Cl)c2ccccc2)c2ccc(O)cc2)cc1. The Bertz CT molecular complexity index is 949. The van der Waals surface area contributed by atoms with E-state index in [1.165, 1.54) is 0 Å². The number of phenolic OH excluding ortho intramolecular Hbond substituents is 1. The van der Waals surface area contributed by atoms with Gasteiger partial charge in [0.05, 0.1) is 11.6 Å². The molecule has 0 saturated carbocycles. The molecule has 0 spiro atoms. The second kappa shape index (κ2) is 10.9. The molecule has 0 bridgehead atoms. The third-order valence-corrected chi connectivity index (χ3v) is 5.22. The van der Waals surface area contributed by atoms with Gasteiger partial charge in [-0.25, -0.2) is 0 Å². The fraction of sp³-hybridized carbons (Fsp3) is 0.231. The number of ether oxygens (including phenoxy) is 1. The summed E-state index contributed by atoms with van der Waals surface area (Å²) in [5.74, 6) is 1.08. The Labute approximate surface area is 184 Å². The topological polar surface area (TPSA) is 32.7 Å². The minimum Gasteiger partial charge on any atom is -0.508 e. The van der Waals surface area contributed by atoms with Gasteiger partial charge >= 0.3 is 0 Å². The van der Waals surface area contributed by atoms with Gasteiger partial charge in [-0.15, -0.1) is 0 Å². The molecule has 0 unspecified atom stereocenters. The summed E-state index contributed by atoms with van der Waals surface area (Å²) < 4.78 is 5.89. The summed E-state index contributed by atoms with van der Waals surface area (Å²) in [5.41, 5.74) is 3.80. The lowest BCUT2D eigenvalue weighted by molar-refractivity contribution is 0.293. The van der Waals surface area contributed by atoms with E-state index in [9.17, 15) is 5.11 Å². The van der Waals surface area contributed by atoms with E-state index < -0.39 is 0 Å². The van der Waals surface area contributed by atoms with Crippen LogP contribution in [-0.4, -0.2) is 37.3 Å². The fourth-order valence-electron chi connectivity index (χ4n) is 3.21. The number of phenols is 1. The van der Waals surface area contributed by atoms with Crippen molar-refractivity contribution >= 4 is 22.2 Å². The van der Waals surface area contributed by atoms with Gasteiger partial charge in [0.15, 0.2) is 0 Å². The number of aromatic hydroxyl groups is 1. The van der Waals surface area contributed by atoms with Crippen molar-refractivity contribution in [3.8, 4) is 11.5 Å². The van der Waals surface area contributed by atoms with Crippen LogP contribution in [0.15, 0.2) is 78.9 Å². The molecule has 30 heavy (non-hydrogen) atoms. The number of nitrogens with zero attached hydrogens (tertiary/aromatic N) is 1. The van der Waals surface area contributed by atoms with E-state index in [4.69, 9.17) is 16.3 Å². The molecule has 0 aliphatic rings. The maximum Gasteiger partial charge on any atom is 0.119 e. The third-order valence-electron chi connectivity index (χ3n) is 4.81. The minimum atomic E-state index is 0.229. The number of benzene rings is 3. The summed E-state index contributed by atoms with van der Waals surface area (Å²) in [6.07, 6.45) is 2.14. The zero-order valence-corrected chi connectivity index (χ0v) is 18.3. The van der Waals surface area contributed by atoms with Crippen molar-refractivity contribution in [3.05, 3.63) is 95.6 Å². The molecular weight excluding hydrogens is 394 g/mol. The molecule has 0 atom stereocenters. The number of halogens is 1. The first-order valence-corrected chi connectivity index (χ1v) is 10.5. The molecule has 3 rings (SSSR count). The van der Waals surface area contributed by atoms with Crippen molar-refractivity contribution in [3.63, 3.8) is 0 Å². The maximum absolute atomic E-state index is 9.68. The average molecular weight is 422 g/mol. The van der Waals surface area contributed by atoms with Crippen LogP contribution in [0.5, 0.6) is 11.5 Å². The summed E-state index contributed by atoms with van der Waals surface area (Å²) in [7, 11) is 4.17. The van der Waals surface area contributed by atoms with Crippen LogP contribution < -0.4 is 4.74 Å². The van der Waals surface area contributed by atoms with Crippen molar-refractivity contribution in [1.82, 2.24) is 4.90 Å². The van der Waals surface area contributed by atoms with Crippen LogP contribution in [0.25, 0.3) is 10.6 Å². The van der Waals surface area contributed by atoms with Crippen molar-refractivity contribution < 1.29 is 9.84 Å². The van der Waals surface area contributed by atoms with Crippen molar-refractivity contribution in [2.75, 3.05) is 27.2 Å². The van der Waals surface area contributed by atoms with Gasteiger partial charge in [-0.1, -0.05) is 66.2 Å². The molecule has 0 saturated heterocycles. The standard InChI is InChI=1S/C26H28ClNO2/c1-28(2)18-6-7-19-30-24-16-12-21(13-17-24)25(20-10-14-23(29)15-11-20)26(27)22-8-4-3-5-9-22/h3-5,8-17,29H,6-7,18-19H2,1-2H3/b26-25+. The van der Waals surface area contributed by atoms with Crippen molar-refractivity contribution in [1.29, 1.82) is 0 Å². The van der Waals surface area contributed by atoms with Crippen molar-refractivity contribution in [2.45, 2.75) is 12.8 Å². The van der Waals surface area contributed by atoms with Crippen LogP contribution in [0.4, 0.5) is 0 Å². The summed E-state index contributed by atoms with van der Waals surface area (Å²) in [4.78, 5) is 2.18. The molecular formula is C26H28ClNO2. The van der Waals surface area contributed by atoms with Gasteiger partial charge in [0, 0.05) is 5.57 Å². The van der Waals surface area contributed by atoms with E-state index in [-0.39, 0.29) is 5.75 Å². The molecule has 4 heteroatoms. The summed E-state index contributed by atoms with van der Waals surface area (Å²) in [6.45, 7) is 1.78. The molecule has 0 heterocycles. The minimum absolute atomic E-state index is 0.229. The summed E-state index contributed by atoms with van der Waals surface area (Å²) in [5, 5.41) is 10.3. The molecule has 1 N–H and O–H groups in total. The zero-order chi connectivity index (χ0) is 21.3. The first-order valence-electron chi connectivity index (χ1n) is 10.2. The molecule has 156 valence electrons. The average Bonchev–Trinajstić information content (AvgIpc) is 2.76. The Morgan fingerprint density at radius 2 is 1.40 bits per heavy atom. The molecule has 3 aromatic rings. The first kappa shape index (κ1) is 21.9. The third kappa shape index (κ3) is 6.12. The largest absolute Gasteiger partial charge is 0.508 e. The lowest BCUT2D eigenvalue weighted by Crippen LogP contribution is -2.13. The second-order valence-corrected chi connectivity index (χ2v) is 7.86. The van der Waals surface area contributed by atoms with Crippen molar-refractivity contribution in [2.24, 2.45) is 0 Å². The van der Waals surface area contributed by atoms with Crippen LogP contribution in [0.2, 0.25) is 0 Å². The van der Waals surface area contributed by atoms with Crippen LogP contribution in [0.1, 0.15) is 29.5 Å². The second-order valence-electron chi connectivity index (χ2n) is 7.49. The smallest absolute Gasteiger partial charge is 0.119 e. The lowest BCUT2D eigenvalue weighted by atomic mass is 9.95. The van der Waals surface area contributed by atoms with E-state index in [1.807, 2.05) is 66.7 Å². The summed E-state index contributed by atoms with van der Waals surface area (Å²) in [6, 6.07) is 25.0. The van der Waals surface area contributed by atoms with Crippen LogP contribution >= 0.6 is 11.6 Å². The Hall–Kier alpha value is -2.75. The Morgan fingerprint density at radius 3 is 2.00 bits per heavy atom. The van der Waals surface area contributed by atoms with E-state index in [0.29, 0.717) is 11.6 Å². The molecule has 0 aromatic heterocycles. The Morgan fingerprint density at radius 1 is 0.800 bits per heavy atom. The highest BCUT2D eigenvalue weighted by Crippen LogP contribution is 2.36. The molecule has 0 aliphatic heterocycles. The number of rotatable bonds is 9. The Balaban J connectivity index is 1.83. The highest BCUT2D eigenvalue weighted by Gasteiger charge is 2.13. The monoisotopic (exact) mass is 421 g/mol. The number of hydrogen-bond donors (Lipinski definition) is 1. The van der Waals surface area contributed by atoms with Crippen LogP contribution in [-0.2, 0) is 0 Å². The maximum atomic E-state index is 9.68. The van der Waals surface area contributed by atoms with E-state index in [1.54, 1.807) is 12.1 Å². The van der Waals surface area contributed by atoms with Gasteiger partial charge in [0.1, 0.15) is 11.5 Å². The van der Waals surface area contributed by atoms with E-state index in [0.717, 1.165) is 47.4 Å². The van der Waals surface area contributed by atoms with E-state index in [2.05, 4.69) is 19.0 Å². The Kier molecular flexibility index (Phi) is 7.95. The molecule has 0 aliphatic carbocycles. The predicted octanol–water partition coefficient (Wildman–Crippen LogP) is 6.27. The van der Waals surface area contributed by atoms with Gasteiger partial charge in [-0.2, -0.15) is 0 Å². The van der Waals surface area contributed by atoms with Gasteiger partial charge in [0.2, 0.25) is 0 Å². The van der Waals surface area contributed by atoms with E-state index >= 15 is 0 Å². The molecule has 3 aromatic carbocycles. The van der Waals surface area contributed by atoms with Gasteiger partial charge in [-0.3, -0.25) is 0 Å². The fourth-order valence-corrected chi connectivity index (χ4v) is 3.56. The lowest BCUT2D eigenvalue weighted by Gasteiger charge is -2.14. The van der Waals surface area contributed by atoms with Crippen LogP contribution in [0.3, 0.4) is 0 Å². The zero-order valence-electron chi connectivity index (χ0n) is 17.5. The highest BCUT2D eigenvalue weighted by molar-refractivity contribution is 6.53. The van der Waals surface area contributed by atoms with Gasteiger partial charge < -0.3 is 14.7 Å². The molecule has 0 fully saturated rings. The normalized spacial score (nSPS) is 12.0.